The smallest absolute Gasteiger partial charge is 0.312 e. The highest BCUT2D eigenvalue weighted by molar-refractivity contribution is 5.75. The molecule has 2 rings (SSSR count). The first-order valence-electron chi connectivity index (χ1n) is 6.82. The van der Waals surface area contributed by atoms with Crippen molar-refractivity contribution in [2.24, 2.45) is 7.05 Å². The van der Waals surface area contributed by atoms with Crippen LogP contribution in [0.25, 0.3) is 0 Å². The number of aromatic nitrogens is 4. The van der Waals surface area contributed by atoms with Gasteiger partial charge in [0.2, 0.25) is 5.91 Å². The van der Waals surface area contributed by atoms with Crippen molar-refractivity contribution in [3.05, 3.63) is 39.5 Å². The molecule has 1 N–H and O–H groups in total. The minimum absolute atomic E-state index is 0.00823. The van der Waals surface area contributed by atoms with Gasteiger partial charge in [-0.15, -0.1) is 0 Å². The Hall–Kier alpha value is -2.71. The maximum Gasteiger partial charge on any atom is 0.312 e. The molecule has 22 heavy (non-hydrogen) atoms. The molecule has 0 spiro atoms. The zero-order chi connectivity index (χ0) is 16.3. The van der Waals surface area contributed by atoms with Crippen LogP contribution in [0.5, 0.6) is 0 Å². The van der Waals surface area contributed by atoms with E-state index in [0.717, 1.165) is 5.69 Å². The van der Waals surface area contributed by atoms with E-state index in [2.05, 4.69) is 15.5 Å². The molecule has 2 aromatic rings. The molecule has 0 aliphatic rings. The second kappa shape index (κ2) is 6.37. The van der Waals surface area contributed by atoms with Gasteiger partial charge < -0.3 is 5.32 Å². The van der Waals surface area contributed by atoms with Gasteiger partial charge in [0.25, 0.3) is 0 Å². The zero-order valence-electron chi connectivity index (χ0n) is 12.7. The minimum atomic E-state index is -0.449. The van der Waals surface area contributed by atoms with Gasteiger partial charge >= 0.3 is 5.69 Å². The second-order valence-electron chi connectivity index (χ2n) is 5.01. The summed E-state index contributed by atoms with van der Waals surface area (Å²) in [6.45, 7) is 3.87. The highest BCUT2D eigenvalue weighted by Crippen LogP contribution is 2.21. The van der Waals surface area contributed by atoms with E-state index in [-0.39, 0.29) is 18.0 Å². The largest absolute Gasteiger partial charge is 0.350 e. The number of aryl methyl sites for hydroxylation is 3. The molecule has 0 radical (unpaired) electrons. The average molecular weight is 306 g/mol. The molecule has 0 saturated heterocycles. The standard InChI is InChI=1S/C13H18N6O3/c1-9-13(19(21)22)10(2)18(15-9)7-5-12(20)14-8-11-4-6-17(3)16-11/h4,6H,5,7-8H2,1-3H3,(H,14,20). The van der Waals surface area contributed by atoms with Gasteiger partial charge in [0.15, 0.2) is 0 Å². The van der Waals surface area contributed by atoms with Gasteiger partial charge in [-0.2, -0.15) is 10.2 Å². The Kier molecular flexibility index (Phi) is 4.54. The van der Waals surface area contributed by atoms with Gasteiger partial charge in [-0.05, 0) is 19.9 Å². The van der Waals surface area contributed by atoms with Crippen LogP contribution in [0.3, 0.4) is 0 Å². The maximum absolute atomic E-state index is 11.8. The van der Waals surface area contributed by atoms with Crippen molar-refractivity contribution >= 4 is 11.6 Å². The number of carbonyl (C=O) groups excluding carboxylic acids is 1. The molecule has 0 bridgehead atoms. The van der Waals surface area contributed by atoms with Crippen molar-refractivity contribution in [3.8, 4) is 0 Å². The topological polar surface area (TPSA) is 108 Å². The van der Waals surface area contributed by atoms with Gasteiger partial charge in [-0.25, -0.2) is 0 Å². The lowest BCUT2D eigenvalue weighted by molar-refractivity contribution is -0.386. The third kappa shape index (κ3) is 3.48. The van der Waals surface area contributed by atoms with E-state index in [1.165, 1.54) is 4.68 Å². The summed E-state index contributed by atoms with van der Waals surface area (Å²) in [6.07, 6.45) is 2.00. The molecule has 9 nitrogen and oxygen atoms in total. The SMILES string of the molecule is Cc1nn(CCC(=O)NCc2ccn(C)n2)c(C)c1[N+](=O)[O-]. The van der Waals surface area contributed by atoms with Gasteiger partial charge in [0, 0.05) is 19.7 Å². The Morgan fingerprint density at radius 3 is 2.68 bits per heavy atom. The number of amides is 1. The van der Waals surface area contributed by atoms with Crippen LogP contribution in [0, 0.1) is 24.0 Å². The van der Waals surface area contributed by atoms with Crippen molar-refractivity contribution < 1.29 is 9.72 Å². The maximum atomic E-state index is 11.8. The minimum Gasteiger partial charge on any atom is -0.350 e. The summed E-state index contributed by atoms with van der Waals surface area (Å²) in [5, 5.41) is 21.9. The summed E-state index contributed by atoms with van der Waals surface area (Å²) >= 11 is 0. The third-order valence-electron chi connectivity index (χ3n) is 3.31. The summed E-state index contributed by atoms with van der Waals surface area (Å²) in [5.41, 5.74) is 1.60. The van der Waals surface area contributed by atoms with Crippen molar-refractivity contribution in [1.29, 1.82) is 0 Å². The Labute approximate surface area is 127 Å². The van der Waals surface area contributed by atoms with Crippen LogP contribution in [0.2, 0.25) is 0 Å². The normalized spacial score (nSPS) is 10.7. The molecule has 0 aliphatic carbocycles. The van der Waals surface area contributed by atoms with Gasteiger partial charge in [0.05, 0.1) is 23.7 Å². The number of carbonyl (C=O) groups is 1. The second-order valence-corrected chi connectivity index (χ2v) is 5.01. The number of hydrogen-bond acceptors (Lipinski definition) is 5. The van der Waals surface area contributed by atoms with Crippen LogP contribution in [-0.2, 0) is 24.9 Å². The molecular formula is C13H18N6O3. The van der Waals surface area contributed by atoms with Crippen molar-refractivity contribution in [3.63, 3.8) is 0 Å². The number of rotatable bonds is 6. The summed E-state index contributed by atoms with van der Waals surface area (Å²) in [5.74, 6) is -0.152. The van der Waals surface area contributed by atoms with E-state index in [0.29, 0.717) is 24.5 Å². The quantitative estimate of drug-likeness (QED) is 0.628. The van der Waals surface area contributed by atoms with Gasteiger partial charge in [-0.1, -0.05) is 0 Å². The molecule has 0 saturated carbocycles. The lowest BCUT2D eigenvalue weighted by Crippen LogP contribution is -2.24. The third-order valence-corrected chi connectivity index (χ3v) is 3.31. The Bertz CT molecular complexity index is 703. The monoisotopic (exact) mass is 306 g/mol. The lowest BCUT2D eigenvalue weighted by Gasteiger charge is -2.05. The van der Waals surface area contributed by atoms with Crippen LogP contribution < -0.4 is 5.32 Å². The van der Waals surface area contributed by atoms with E-state index < -0.39 is 4.92 Å². The van der Waals surface area contributed by atoms with Crippen LogP contribution in [0.1, 0.15) is 23.5 Å². The number of hydrogen-bond donors (Lipinski definition) is 1. The fraction of sp³-hybridized carbons (Fsp3) is 0.462. The molecule has 0 fully saturated rings. The molecule has 0 aliphatic heterocycles. The Balaban J connectivity index is 1.89. The van der Waals surface area contributed by atoms with E-state index in [1.807, 2.05) is 6.07 Å². The molecule has 118 valence electrons. The van der Waals surface area contributed by atoms with E-state index >= 15 is 0 Å². The van der Waals surface area contributed by atoms with E-state index in [9.17, 15) is 14.9 Å². The molecule has 0 atom stereocenters. The summed E-state index contributed by atoms with van der Waals surface area (Å²) in [6, 6.07) is 1.82. The fourth-order valence-corrected chi connectivity index (χ4v) is 2.21. The van der Waals surface area contributed by atoms with Crippen LogP contribution in [0.4, 0.5) is 5.69 Å². The predicted molar refractivity (Wildman–Crippen MR) is 78.0 cm³/mol. The highest BCUT2D eigenvalue weighted by Gasteiger charge is 2.21. The molecule has 2 aromatic heterocycles. The average Bonchev–Trinajstić information content (AvgIpc) is 2.97. The molecular weight excluding hydrogens is 288 g/mol. The van der Waals surface area contributed by atoms with Crippen LogP contribution >= 0.6 is 0 Å². The lowest BCUT2D eigenvalue weighted by atomic mass is 10.3. The fourth-order valence-electron chi connectivity index (χ4n) is 2.21. The van der Waals surface area contributed by atoms with Crippen molar-refractivity contribution in [2.45, 2.75) is 33.4 Å². The summed E-state index contributed by atoms with van der Waals surface area (Å²) in [4.78, 5) is 22.3. The number of nitrogens with one attached hydrogen (secondary N) is 1. The number of nitro groups is 1. The highest BCUT2D eigenvalue weighted by atomic mass is 16.6. The van der Waals surface area contributed by atoms with Crippen molar-refractivity contribution in [1.82, 2.24) is 24.9 Å². The molecule has 0 unspecified atom stereocenters. The van der Waals surface area contributed by atoms with E-state index in [4.69, 9.17) is 0 Å². The molecule has 0 aromatic carbocycles. The first kappa shape index (κ1) is 15.7. The predicted octanol–water partition coefficient (Wildman–Crippen LogP) is 0.848. The Morgan fingerprint density at radius 1 is 1.41 bits per heavy atom. The molecule has 2 heterocycles. The summed E-state index contributed by atoms with van der Waals surface area (Å²) in [7, 11) is 1.81. The van der Waals surface area contributed by atoms with E-state index in [1.54, 1.807) is 31.8 Å². The molecule has 9 heteroatoms. The Morgan fingerprint density at radius 2 is 2.14 bits per heavy atom. The first-order chi connectivity index (χ1) is 10.4. The van der Waals surface area contributed by atoms with Crippen LogP contribution in [0.15, 0.2) is 12.3 Å². The van der Waals surface area contributed by atoms with Gasteiger partial charge in [-0.3, -0.25) is 24.3 Å². The van der Waals surface area contributed by atoms with Crippen LogP contribution in [-0.4, -0.2) is 30.4 Å². The van der Waals surface area contributed by atoms with Crippen molar-refractivity contribution in [2.75, 3.05) is 0 Å². The zero-order valence-corrected chi connectivity index (χ0v) is 12.7. The molecule has 1 amide bonds. The summed E-state index contributed by atoms with van der Waals surface area (Å²) < 4.78 is 3.16. The first-order valence-corrected chi connectivity index (χ1v) is 6.82. The van der Waals surface area contributed by atoms with Gasteiger partial charge in [0.1, 0.15) is 11.4 Å². The number of nitrogens with zero attached hydrogens (tertiary/aromatic N) is 5.